The monoisotopic (exact) mass is 406 g/mol. The first-order valence-corrected chi connectivity index (χ1v) is 8.04. The van der Waals surface area contributed by atoms with Crippen molar-refractivity contribution in [2.45, 2.75) is 0 Å². The molecule has 2 aliphatic carbocycles. The van der Waals surface area contributed by atoms with Crippen LogP contribution in [0.15, 0.2) is 36.0 Å². The smallest absolute Gasteiger partial charge is 0.303 e. The van der Waals surface area contributed by atoms with Crippen molar-refractivity contribution >= 4 is 29.2 Å². The summed E-state index contributed by atoms with van der Waals surface area (Å²) >= 11 is 5.80. The average molecular weight is 407 g/mol. The van der Waals surface area contributed by atoms with E-state index >= 15 is 0 Å². The molecule has 3 aliphatic rings. The molecule has 1 N–H and O–H groups in total. The number of carbonyl (C=O) groups excluding carboxylic acids is 2. The quantitative estimate of drug-likeness (QED) is 0.462. The Hall–Kier alpha value is -1.29. The van der Waals surface area contributed by atoms with Crippen molar-refractivity contribution in [3.8, 4) is 0 Å². The van der Waals surface area contributed by atoms with Crippen LogP contribution in [0.2, 0.25) is 5.02 Å². The molecule has 0 atom stereocenters. The van der Waals surface area contributed by atoms with E-state index < -0.39 is 6.03 Å². The molecule has 0 bridgehead atoms. The van der Waals surface area contributed by atoms with Gasteiger partial charge >= 0.3 is 23.1 Å². The summed E-state index contributed by atoms with van der Waals surface area (Å²) < 4.78 is 0. The molecule has 3 fully saturated rings. The molecule has 3 amide bonds. The summed E-state index contributed by atoms with van der Waals surface area (Å²) in [6.45, 7) is 0. The van der Waals surface area contributed by atoms with Crippen molar-refractivity contribution in [2.24, 2.45) is 0 Å². The predicted molar refractivity (Wildman–Crippen MR) is 97.5 cm³/mol. The van der Waals surface area contributed by atoms with Gasteiger partial charge < -0.3 is 5.32 Å². The predicted octanol–water partition coefficient (Wildman–Crippen LogP) is 3.70. The third-order valence-electron chi connectivity index (χ3n) is 3.52. The first-order valence-electron chi connectivity index (χ1n) is 7.66. The number of urea groups is 1. The number of amides is 3. The molecule has 0 unspecified atom stereocenters. The van der Waals surface area contributed by atoms with Crippen molar-refractivity contribution < 1.29 is 26.7 Å². The fraction of sp³-hybridized carbons (Fsp3) is 0. The molecule has 1 heterocycles. The van der Waals surface area contributed by atoms with Crippen molar-refractivity contribution in [3.05, 3.63) is 105 Å². The zero-order valence-electron chi connectivity index (χ0n) is 13.6. The topological polar surface area (TPSA) is 49.4 Å². The second-order valence-corrected chi connectivity index (χ2v) is 5.72. The van der Waals surface area contributed by atoms with Crippen LogP contribution >= 0.6 is 11.6 Å². The number of carbonyl (C=O) groups is 2. The van der Waals surface area contributed by atoms with Crippen LogP contribution in [-0.2, 0) is 21.9 Å². The van der Waals surface area contributed by atoms with E-state index in [4.69, 9.17) is 11.6 Å². The van der Waals surface area contributed by atoms with E-state index in [2.05, 4.69) is 5.32 Å². The van der Waals surface area contributed by atoms with E-state index in [1.54, 1.807) is 30.3 Å². The van der Waals surface area contributed by atoms with Gasteiger partial charge in [-0.25, -0.2) is 9.69 Å². The normalized spacial score (nSPS) is 21.4. The van der Waals surface area contributed by atoms with Gasteiger partial charge in [0.05, 0.1) is 5.69 Å². The molecule has 4 nitrogen and oxygen atoms in total. The molecule has 0 aromatic heterocycles. The number of anilines is 1. The second-order valence-electron chi connectivity index (χ2n) is 5.29. The maximum absolute atomic E-state index is 12.3. The fourth-order valence-electron chi connectivity index (χ4n) is 2.33. The summed E-state index contributed by atoms with van der Waals surface area (Å²) in [5.74, 6) is 0.491. The molecule has 130 valence electrons. The zero-order valence-corrected chi connectivity index (χ0v) is 15.4. The van der Waals surface area contributed by atoms with E-state index in [-0.39, 0.29) is 28.7 Å². The largest absolute Gasteiger partial charge is 2.00 e. The molecule has 1 aromatic rings. The van der Waals surface area contributed by atoms with Gasteiger partial charge in [-0.05, 0) is 88.1 Å². The molecule has 4 rings (SSSR count). The summed E-state index contributed by atoms with van der Waals surface area (Å²) in [7, 11) is 0. The number of hydrogen-bond donors (Lipinski definition) is 1. The molecule has 0 spiro atoms. The van der Waals surface area contributed by atoms with Gasteiger partial charge in [-0.1, -0.05) is 11.6 Å². The van der Waals surface area contributed by atoms with Crippen molar-refractivity contribution in [1.82, 2.24) is 5.32 Å². The van der Waals surface area contributed by atoms with Crippen LogP contribution in [0, 0.1) is 63.7 Å². The van der Waals surface area contributed by atoms with Crippen LogP contribution in [0.25, 0.3) is 0 Å². The Bertz CT molecular complexity index is 643. The molecular formula is C20H15ClFeN2O2+2. The standard InChI is InChI=1S/C15H10ClN2O2.C5H5.Fe/c16-11-5-7-12(8-6-11)18-14(19)13(17-15(18)20)9-10-3-1-2-4-10;1-2-4-5-3-1;/h1-9H,(H,17,20);1-5H;/q;;+2/b13-9-;;. The van der Waals surface area contributed by atoms with Gasteiger partial charge in [0.1, 0.15) is 5.70 Å². The van der Waals surface area contributed by atoms with Crippen LogP contribution in [0.1, 0.15) is 0 Å². The summed E-state index contributed by atoms with van der Waals surface area (Å²) in [4.78, 5) is 25.3. The number of rotatable bonds is 2. The molecule has 1 saturated heterocycles. The third kappa shape index (κ3) is 5.35. The SMILES string of the molecule is O=C1N/C(=C\[C]2[CH][CH][CH][CH]2)C(=O)N1c1ccc(Cl)cc1.[CH]1[CH][CH][CH][CH]1.[Fe+2]. The number of nitrogens with one attached hydrogen (secondary N) is 1. The maximum Gasteiger partial charge on any atom is 2.00 e. The van der Waals surface area contributed by atoms with Gasteiger partial charge in [0.25, 0.3) is 5.91 Å². The van der Waals surface area contributed by atoms with Crippen LogP contribution in [0.4, 0.5) is 10.5 Å². The van der Waals surface area contributed by atoms with Crippen LogP contribution in [0.3, 0.4) is 0 Å². The van der Waals surface area contributed by atoms with Gasteiger partial charge in [-0.15, -0.1) is 0 Å². The Balaban J connectivity index is 0.000000351. The van der Waals surface area contributed by atoms with Gasteiger partial charge in [-0.2, -0.15) is 0 Å². The van der Waals surface area contributed by atoms with Gasteiger partial charge in [0.15, 0.2) is 0 Å². The molecule has 26 heavy (non-hydrogen) atoms. The van der Waals surface area contributed by atoms with Gasteiger partial charge in [0.2, 0.25) is 0 Å². The number of halogens is 1. The Labute approximate surface area is 170 Å². The maximum atomic E-state index is 12.3. The van der Waals surface area contributed by atoms with E-state index in [1.165, 1.54) is 0 Å². The van der Waals surface area contributed by atoms with E-state index in [0.717, 1.165) is 10.8 Å². The van der Waals surface area contributed by atoms with Crippen molar-refractivity contribution in [2.75, 3.05) is 4.90 Å². The Morgan fingerprint density at radius 1 is 0.846 bits per heavy atom. The fourth-order valence-corrected chi connectivity index (χ4v) is 2.46. The first-order chi connectivity index (χ1) is 12.1. The van der Waals surface area contributed by atoms with Crippen molar-refractivity contribution in [1.29, 1.82) is 0 Å². The summed E-state index contributed by atoms with van der Waals surface area (Å²) in [6.07, 6.45) is 19.1. The van der Waals surface area contributed by atoms with E-state index in [0.29, 0.717) is 10.7 Å². The number of imide groups is 1. The zero-order chi connectivity index (χ0) is 17.6. The summed E-state index contributed by atoms with van der Waals surface area (Å²) in [5.41, 5.74) is 0.749. The summed E-state index contributed by atoms with van der Waals surface area (Å²) in [5, 5.41) is 3.12. The number of hydrogen-bond acceptors (Lipinski definition) is 2. The molecular weight excluding hydrogens is 392 g/mol. The second kappa shape index (κ2) is 10.1. The molecule has 2 saturated carbocycles. The van der Waals surface area contributed by atoms with Gasteiger partial charge in [0, 0.05) is 10.9 Å². The Morgan fingerprint density at radius 3 is 1.92 bits per heavy atom. The van der Waals surface area contributed by atoms with Gasteiger partial charge in [-0.3, -0.25) is 4.79 Å². The molecule has 10 radical (unpaired) electrons. The first kappa shape index (κ1) is 21.0. The van der Waals surface area contributed by atoms with Crippen LogP contribution < -0.4 is 10.2 Å². The minimum atomic E-state index is -0.463. The minimum Gasteiger partial charge on any atom is -0.303 e. The number of allylic oxidation sites excluding steroid dienone is 1. The minimum absolute atomic E-state index is 0. The third-order valence-corrected chi connectivity index (χ3v) is 3.77. The molecule has 1 aromatic carbocycles. The van der Waals surface area contributed by atoms with Crippen LogP contribution in [-0.4, -0.2) is 11.9 Å². The van der Waals surface area contributed by atoms with Crippen molar-refractivity contribution in [3.63, 3.8) is 0 Å². The average Bonchev–Trinajstić information content (AvgIpc) is 3.35. The van der Waals surface area contributed by atoms with E-state index in [9.17, 15) is 9.59 Å². The van der Waals surface area contributed by atoms with E-state index in [1.807, 2.05) is 57.8 Å². The number of nitrogens with zero attached hydrogens (tertiary/aromatic N) is 1. The summed E-state index contributed by atoms with van der Waals surface area (Å²) in [6, 6.07) is 6.07. The molecule has 1 aliphatic heterocycles. The Kier molecular flexibility index (Phi) is 8.20. The molecule has 6 heteroatoms. The Morgan fingerprint density at radius 2 is 1.38 bits per heavy atom. The van der Waals surface area contributed by atoms with Crippen LogP contribution in [0.5, 0.6) is 0 Å². The number of benzene rings is 1.